The Morgan fingerprint density at radius 2 is 1.76 bits per heavy atom. The maximum absolute atomic E-state index is 12.3. The van der Waals surface area contributed by atoms with Crippen LogP contribution in [0, 0.1) is 6.92 Å². The van der Waals surface area contributed by atoms with Crippen molar-refractivity contribution in [1.82, 2.24) is 4.98 Å². The summed E-state index contributed by atoms with van der Waals surface area (Å²) in [5.41, 5.74) is 11.6. The van der Waals surface area contributed by atoms with E-state index < -0.39 is 0 Å². The number of carbonyl (C=O) groups is 2. The van der Waals surface area contributed by atoms with Crippen LogP contribution in [0.15, 0.2) is 76.7 Å². The number of anilines is 1. The Hall–Kier alpha value is -3.00. The summed E-state index contributed by atoms with van der Waals surface area (Å²) in [6.07, 6.45) is 10.9. The lowest BCUT2D eigenvalue weighted by molar-refractivity contribution is -0.113. The predicted molar refractivity (Wildman–Crippen MR) is 166 cm³/mol. The van der Waals surface area contributed by atoms with E-state index in [0.29, 0.717) is 0 Å². The number of hydrogen-bond acceptors (Lipinski definition) is 6. The second kappa shape index (κ2) is 18.3. The number of nitrogens with zero attached hydrogens (tertiary/aromatic N) is 1. The van der Waals surface area contributed by atoms with E-state index in [9.17, 15) is 4.79 Å². The van der Waals surface area contributed by atoms with Gasteiger partial charge in [-0.3, -0.25) is 4.79 Å². The Bertz CT molecular complexity index is 1170. The molecule has 5 nitrogen and oxygen atoms in total. The van der Waals surface area contributed by atoms with Gasteiger partial charge in [0.1, 0.15) is 11.8 Å². The van der Waals surface area contributed by atoms with Crippen molar-refractivity contribution in [2.75, 3.05) is 12.4 Å². The number of hydrogen-bond donors (Lipinski definition) is 2. The fourth-order valence-electron chi connectivity index (χ4n) is 3.84. The van der Waals surface area contributed by atoms with E-state index in [-0.39, 0.29) is 11.2 Å². The molecule has 0 radical (unpaired) electrons. The molecule has 2 heterocycles. The summed E-state index contributed by atoms with van der Waals surface area (Å²) < 4.78 is 0. The number of thioether (sulfide) groups is 1. The Kier molecular flexibility index (Phi) is 15.9. The highest BCUT2D eigenvalue weighted by Gasteiger charge is 2.28. The van der Waals surface area contributed by atoms with Crippen LogP contribution in [0.5, 0.6) is 0 Å². The van der Waals surface area contributed by atoms with Gasteiger partial charge in [0.15, 0.2) is 0 Å². The molecule has 204 valence electrons. The Balaban J connectivity index is 0.000000332. The van der Waals surface area contributed by atoms with Crippen molar-refractivity contribution in [3.8, 4) is 10.6 Å². The molecule has 2 aromatic carbocycles. The van der Waals surface area contributed by atoms with Crippen LogP contribution in [0.4, 0.5) is 5.69 Å². The lowest BCUT2D eigenvalue weighted by atomic mass is 10.0. The van der Waals surface area contributed by atoms with Crippen molar-refractivity contribution in [3.63, 3.8) is 0 Å². The molecule has 1 aromatic heterocycles. The molecule has 0 bridgehead atoms. The van der Waals surface area contributed by atoms with Gasteiger partial charge >= 0.3 is 0 Å². The van der Waals surface area contributed by atoms with Crippen molar-refractivity contribution in [2.24, 2.45) is 5.73 Å². The van der Waals surface area contributed by atoms with E-state index in [1.807, 2.05) is 44.4 Å². The lowest BCUT2D eigenvalue weighted by Crippen LogP contribution is -2.20. The molecule has 0 fully saturated rings. The molecule has 3 N–H and O–H groups in total. The monoisotopic (exact) mass is 551 g/mol. The number of aromatic nitrogens is 1. The smallest absolute Gasteiger partial charge is 0.252 e. The molecule has 7 heteroatoms. The van der Waals surface area contributed by atoms with Gasteiger partial charge < -0.3 is 15.8 Å². The largest absolute Gasteiger partial charge is 0.333 e. The van der Waals surface area contributed by atoms with Crippen LogP contribution in [-0.4, -0.2) is 30.0 Å². The van der Waals surface area contributed by atoms with Crippen molar-refractivity contribution < 1.29 is 9.59 Å². The molecule has 1 aliphatic heterocycles. The second-order valence-electron chi connectivity index (χ2n) is 7.86. The molecule has 1 amide bonds. The first kappa shape index (κ1) is 33.0. The summed E-state index contributed by atoms with van der Waals surface area (Å²) in [4.78, 5) is 25.7. The first-order valence-electron chi connectivity index (χ1n) is 12.9. The molecular formula is C31H41N3O2S2. The summed E-state index contributed by atoms with van der Waals surface area (Å²) >= 11 is 3.47. The first-order valence-corrected chi connectivity index (χ1v) is 14.7. The number of rotatable bonds is 3. The van der Waals surface area contributed by atoms with Crippen molar-refractivity contribution >= 4 is 41.5 Å². The number of aryl methyl sites for hydroxylation is 3. The first-order chi connectivity index (χ1) is 18.6. The van der Waals surface area contributed by atoms with Gasteiger partial charge in [-0.05, 0) is 62.1 Å². The highest BCUT2D eigenvalue weighted by atomic mass is 32.2. The van der Waals surface area contributed by atoms with Gasteiger partial charge in [0.2, 0.25) is 0 Å². The molecule has 1 unspecified atom stereocenters. The third-order valence-electron chi connectivity index (χ3n) is 5.75. The molecule has 38 heavy (non-hydrogen) atoms. The van der Waals surface area contributed by atoms with E-state index in [1.165, 1.54) is 34.2 Å². The predicted octanol–water partition coefficient (Wildman–Crippen LogP) is 7.65. The van der Waals surface area contributed by atoms with Crippen LogP contribution in [-0.2, 0) is 22.4 Å². The molecule has 1 aliphatic carbocycles. The van der Waals surface area contributed by atoms with Crippen LogP contribution in [0.2, 0.25) is 0 Å². The summed E-state index contributed by atoms with van der Waals surface area (Å²) in [5.74, 6) is 0.0477. The summed E-state index contributed by atoms with van der Waals surface area (Å²) in [7, 11) is 1.50. The number of nitrogens with two attached hydrogens (primary N) is 1. The summed E-state index contributed by atoms with van der Waals surface area (Å²) in [6.45, 7) is 12.5. The number of amides is 1. The maximum Gasteiger partial charge on any atom is 0.252 e. The van der Waals surface area contributed by atoms with E-state index in [2.05, 4.69) is 79.3 Å². The van der Waals surface area contributed by atoms with Gasteiger partial charge in [0.05, 0.1) is 5.69 Å². The van der Waals surface area contributed by atoms with Gasteiger partial charge in [0.25, 0.3) is 5.91 Å². The van der Waals surface area contributed by atoms with Crippen LogP contribution < -0.4 is 11.1 Å². The third-order valence-corrected chi connectivity index (χ3v) is 7.89. The fourth-order valence-corrected chi connectivity index (χ4v) is 5.79. The molecular weight excluding hydrogens is 510 g/mol. The van der Waals surface area contributed by atoms with E-state index in [4.69, 9.17) is 4.79 Å². The van der Waals surface area contributed by atoms with E-state index >= 15 is 0 Å². The summed E-state index contributed by atoms with van der Waals surface area (Å²) in [5, 5.41) is 6.41. The minimum Gasteiger partial charge on any atom is -0.333 e. The number of thiazole rings is 1. The fraction of sp³-hybridized carbons (Fsp3) is 0.323. The molecule has 5 rings (SSSR count). The summed E-state index contributed by atoms with van der Waals surface area (Å²) in [6, 6.07) is 12.9. The van der Waals surface area contributed by atoms with E-state index in [1.54, 1.807) is 23.1 Å². The minimum atomic E-state index is 0.0477. The highest BCUT2D eigenvalue weighted by molar-refractivity contribution is 8.00. The molecule has 0 spiro atoms. The number of benzene rings is 2. The van der Waals surface area contributed by atoms with Gasteiger partial charge in [-0.25, -0.2) is 4.98 Å². The molecule has 1 atom stereocenters. The lowest BCUT2D eigenvalue weighted by Gasteiger charge is -2.16. The maximum atomic E-state index is 12.3. The van der Waals surface area contributed by atoms with Crippen LogP contribution >= 0.6 is 23.1 Å². The Morgan fingerprint density at radius 1 is 1.08 bits per heavy atom. The van der Waals surface area contributed by atoms with Gasteiger partial charge in [-0.1, -0.05) is 70.2 Å². The molecule has 2 aliphatic rings. The van der Waals surface area contributed by atoms with Crippen molar-refractivity contribution in [2.45, 2.75) is 64.0 Å². The van der Waals surface area contributed by atoms with Crippen molar-refractivity contribution in [1.29, 1.82) is 0 Å². The normalized spacial score (nSPS) is 14.4. The molecule has 0 saturated carbocycles. The average Bonchev–Trinajstić information content (AvgIpc) is 3.49. The average molecular weight is 552 g/mol. The van der Waals surface area contributed by atoms with Gasteiger partial charge in [-0.2, -0.15) is 0 Å². The number of carbonyl (C=O) groups excluding carboxylic acids is 2. The van der Waals surface area contributed by atoms with Gasteiger partial charge in [0, 0.05) is 32.9 Å². The zero-order chi connectivity index (χ0) is 28.5. The SMILES string of the molecule is C=O.CC.CCc1cc2c(cc1C)SC1CC=CC=C1C(=O)N2.CCc1ccc(-c2nccs2)cc1.CN. The Morgan fingerprint density at radius 3 is 2.34 bits per heavy atom. The number of nitrogens with one attached hydrogen (secondary N) is 1. The second-order valence-corrected chi connectivity index (χ2v) is 10.0. The zero-order valence-corrected chi connectivity index (χ0v) is 25.0. The molecule has 3 aromatic rings. The third kappa shape index (κ3) is 9.08. The van der Waals surface area contributed by atoms with Crippen LogP contribution in [0.25, 0.3) is 10.6 Å². The Labute approximate surface area is 236 Å². The highest BCUT2D eigenvalue weighted by Crippen LogP contribution is 2.41. The quantitative estimate of drug-likeness (QED) is 0.349. The van der Waals surface area contributed by atoms with Crippen LogP contribution in [0.1, 0.15) is 50.8 Å². The standard InChI is InChI=1S/C16H17NOS.C11H11NS.C2H6.CH5N.CH2O/c1-3-11-9-13-15(8-10(11)2)19-14-7-5-4-6-12(14)16(18)17-13;1-2-9-3-5-10(6-4-9)11-12-7-8-13-11;3*1-2/h4-6,8-9,14H,3,7H2,1-2H3,(H,17,18);3-8H,2H2,1H3;1-2H3;2H2,1H3;1H2. The number of allylic oxidation sites excluding steroid dienone is 3. The van der Waals surface area contributed by atoms with E-state index in [0.717, 1.165) is 35.5 Å². The van der Waals surface area contributed by atoms with Crippen LogP contribution in [0.3, 0.4) is 0 Å². The molecule has 0 saturated heterocycles. The van der Waals surface area contributed by atoms with Crippen molar-refractivity contribution in [3.05, 3.63) is 88.5 Å². The van der Waals surface area contributed by atoms with Gasteiger partial charge in [-0.15, -0.1) is 23.1 Å². The minimum absolute atomic E-state index is 0.0477. The zero-order valence-electron chi connectivity index (χ0n) is 23.4. The topological polar surface area (TPSA) is 85.1 Å². The number of fused-ring (bicyclic) bond motifs is 2.